The summed E-state index contributed by atoms with van der Waals surface area (Å²) in [6.07, 6.45) is 9.49. The number of carbonyl (C=O) groups excluding carboxylic acids is 2. The van der Waals surface area contributed by atoms with Gasteiger partial charge in [-0.15, -0.1) is 0 Å². The Morgan fingerprint density at radius 1 is 0.639 bits per heavy atom. The molecule has 0 atom stereocenters. The molecule has 0 unspecified atom stereocenters. The number of allylic oxidation sites excluding steroid dienone is 2. The fourth-order valence-corrected chi connectivity index (χ4v) is 10.1. The molecule has 8 aromatic rings. The number of amides is 2. The summed E-state index contributed by atoms with van der Waals surface area (Å²) in [6, 6.07) is 13.3. The van der Waals surface area contributed by atoms with Crippen LogP contribution in [0.4, 0.5) is 0 Å². The zero-order valence-corrected chi connectivity index (χ0v) is 41.6. The van der Waals surface area contributed by atoms with Gasteiger partial charge in [-0.25, -0.2) is 9.97 Å². The monoisotopic (exact) mass is 978 g/mol. The molecule has 0 saturated carbocycles. The molecule has 10 rings (SSSR count). The third-order valence-corrected chi connectivity index (χ3v) is 13.6. The molecule has 4 N–H and O–H groups in total. The Morgan fingerprint density at radius 3 is 1.72 bits per heavy atom. The summed E-state index contributed by atoms with van der Waals surface area (Å²) in [5, 5.41) is 12.6. The molecule has 2 aromatic carbocycles. The van der Waals surface area contributed by atoms with E-state index in [1.165, 1.54) is 0 Å². The number of aryl methyl sites for hydroxylation is 4. The van der Waals surface area contributed by atoms with Crippen molar-refractivity contribution in [3.05, 3.63) is 89.5 Å². The fourth-order valence-electron chi connectivity index (χ4n) is 10.1. The summed E-state index contributed by atoms with van der Waals surface area (Å²) in [5.41, 5.74) is 20.1. The van der Waals surface area contributed by atoms with Gasteiger partial charge in [-0.2, -0.15) is 10.2 Å². The van der Waals surface area contributed by atoms with E-state index >= 15 is 0 Å². The van der Waals surface area contributed by atoms with Crippen molar-refractivity contribution >= 4 is 55.6 Å². The highest BCUT2D eigenvalue weighted by Gasteiger charge is 2.24. The second kappa shape index (κ2) is 21.3. The number of aromatic nitrogens is 9. The molecular weight excluding hydrogens is 915 g/mol. The predicted octanol–water partition coefficient (Wildman–Crippen LogP) is 6.13. The normalized spacial score (nSPS) is 15.0. The second-order valence-corrected chi connectivity index (χ2v) is 18.5. The van der Waals surface area contributed by atoms with Crippen LogP contribution in [0.15, 0.2) is 67.0 Å². The van der Waals surface area contributed by atoms with E-state index in [0.29, 0.717) is 73.5 Å². The van der Waals surface area contributed by atoms with E-state index in [-0.39, 0.29) is 0 Å². The minimum absolute atomic E-state index is 0.333. The molecule has 72 heavy (non-hydrogen) atoms. The molecule has 6 aromatic heterocycles. The molecule has 2 saturated heterocycles. The zero-order valence-electron chi connectivity index (χ0n) is 41.6. The Hall–Kier alpha value is -7.19. The average Bonchev–Trinajstić information content (AvgIpc) is 4.15. The Balaban J connectivity index is 1.06. The summed E-state index contributed by atoms with van der Waals surface area (Å²) >= 11 is 0. The van der Waals surface area contributed by atoms with Gasteiger partial charge in [-0.3, -0.25) is 33.7 Å². The average molecular weight is 978 g/mol. The van der Waals surface area contributed by atoms with Crippen LogP contribution in [0.3, 0.4) is 0 Å². The van der Waals surface area contributed by atoms with Gasteiger partial charge in [0.1, 0.15) is 22.8 Å². The van der Waals surface area contributed by atoms with Crippen molar-refractivity contribution in [1.29, 1.82) is 0 Å². The summed E-state index contributed by atoms with van der Waals surface area (Å²) in [7, 11) is 0. The third-order valence-electron chi connectivity index (χ3n) is 13.6. The Bertz CT molecular complexity index is 3100. The molecule has 2 amide bonds. The molecule has 0 spiro atoms. The quantitative estimate of drug-likeness (QED) is 0.0651. The van der Waals surface area contributed by atoms with E-state index in [2.05, 4.69) is 49.2 Å². The lowest BCUT2D eigenvalue weighted by Gasteiger charge is -2.26. The number of fused-ring (bicyclic) bond motifs is 6. The first-order valence-corrected chi connectivity index (χ1v) is 25.1. The lowest BCUT2D eigenvalue weighted by molar-refractivity contribution is 0.0357. The molecular formula is C53H63N13O6. The topological polar surface area (TPSA) is 214 Å². The molecule has 0 aliphatic carbocycles. The van der Waals surface area contributed by atoms with E-state index < -0.39 is 11.8 Å². The van der Waals surface area contributed by atoms with E-state index in [1.807, 2.05) is 66.8 Å². The number of nitrogens with two attached hydrogens (primary N) is 2. The molecule has 376 valence electrons. The number of carbonyl (C=O) groups is 2. The first-order valence-electron chi connectivity index (χ1n) is 25.1. The van der Waals surface area contributed by atoms with Crippen molar-refractivity contribution in [1.82, 2.24) is 53.4 Å². The maximum atomic E-state index is 12.9. The van der Waals surface area contributed by atoms with Crippen LogP contribution in [-0.2, 0) is 35.7 Å². The van der Waals surface area contributed by atoms with Crippen LogP contribution in [0.5, 0.6) is 11.5 Å². The van der Waals surface area contributed by atoms with Crippen molar-refractivity contribution in [3.63, 3.8) is 0 Å². The molecule has 2 fully saturated rings. The van der Waals surface area contributed by atoms with Gasteiger partial charge >= 0.3 is 0 Å². The lowest BCUT2D eigenvalue weighted by atomic mass is 10.1. The van der Waals surface area contributed by atoms with Crippen LogP contribution in [0, 0.1) is 13.8 Å². The SMILES string of the molecule is CCn1nc(C)cc1-c1cc2c(cn1)c1cc(C(N)=O)cc(OCCCN3CCOCC3)c1n2C/C=C/Cn1c2nc(-c3cc(C)nn3CC)ncc2c2cc(C(N)=O)cc(OCCCN3CCOCC3)c21. The van der Waals surface area contributed by atoms with Gasteiger partial charge in [0.2, 0.25) is 11.8 Å². The first-order chi connectivity index (χ1) is 35.1. The van der Waals surface area contributed by atoms with Crippen LogP contribution in [0.25, 0.3) is 66.6 Å². The van der Waals surface area contributed by atoms with Crippen molar-refractivity contribution in [3.8, 4) is 34.4 Å². The Labute approximate surface area is 417 Å². The predicted molar refractivity (Wildman–Crippen MR) is 276 cm³/mol. The molecule has 0 bridgehead atoms. The standard InChI is InChI=1S/C53H63N13O6/c1-5-65-44(25-34(3)59-65)42-31-43-40(32-56-42)38-27-36(50(54)67)29-46(71-19-9-11-61-15-21-69-22-16-61)48(38)63(43)13-7-8-14-64-49-39(41-33-57-52(58-53(41)64)45-26-35(4)60-66(45)6-2)28-37(51(55)68)30-47(49)72-20-10-12-62-17-23-70-24-18-62/h7-8,25-33H,5-6,9-24H2,1-4H3,(H2,54,67)(H2,55,68)/b8-7+. The second-order valence-electron chi connectivity index (χ2n) is 18.5. The number of hydrogen-bond donors (Lipinski definition) is 2. The number of nitrogens with zero attached hydrogens (tertiary/aromatic N) is 11. The molecule has 19 nitrogen and oxygen atoms in total. The van der Waals surface area contributed by atoms with Crippen LogP contribution in [-0.4, -0.2) is 144 Å². The highest BCUT2D eigenvalue weighted by atomic mass is 16.5. The first kappa shape index (κ1) is 48.4. The van der Waals surface area contributed by atoms with Gasteiger partial charge in [0.25, 0.3) is 0 Å². The van der Waals surface area contributed by atoms with Crippen molar-refractivity contribution in [2.45, 2.75) is 66.7 Å². The number of rotatable bonds is 20. The van der Waals surface area contributed by atoms with Gasteiger partial charge in [0.15, 0.2) is 5.82 Å². The molecule has 2 aliphatic heterocycles. The molecule has 8 heterocycles. The third kappa shape index (κ3) is 9.88. The number of hydrogen-bond acceptors (Lipinski definition) is 13. The summed E-state index contributed by atoms with van der Waals surface area (Å²) in [5.74, 6) is 0.535. The van der Waals surface area contributed by atoms with Crippen LogP contribution < -0.4 is 20.9 Å². The summed E-state index contributed by atoms with van der Waals surface area (Å²) < 4.78 is 32.6. The Morgan fingerprint density at radius 2 is 1.15 bits per heavy atom. The number of benzene rings is 2. The van der Waals surface area contributed by atoms with Crippen LogP contribution in [0.1, 0.15) is 58.8 Å². The smallest absolute Gasteiger partial charge is 0.248 e. The summed E-state index contributed by atoms with van der Waals surface area (Å²) in [6.45, 7) is 19.2. The number of morpholine rings is 2. The van der Waals surface area contributed by atoms with E-state index in [4.69, 9.17) is 50.5 Å². The summed E-state index contributed by atoms with van der Waals surface area (Å²) in [4.78, 5) is 45.6. The largest absolute Gasteiger partial charge is 0.491 e. The highest BCUT2D eigenvalue weighted by Crippen LogP contribution is 2.39. The maximum Gasteiger partial charge on any atom is 0.248 e. The minimum atomic E-state index is -0.557. The fraction of sp³-hybridized carbons (Fsp3) is 0.415. The zero-order chi connectivity index (χ0) is 49.9. The number of pyridine rings is 1. The molecule has 19 heteroatoms. The van der Waals surface area contributed by atoms with Crippen molar-refractivity contribution in [2.24, 2.45) is 11.5 Å². The number of ether oxygens (including phenoxy) is 4. The van der Waals surface area contributed by atoms with Crippen molar-refractivity contribution in [2.75, 3.05) is 78.9 Å². The minimum Gasteiger partial charge on any atom is -0.491 e. The van der Waals surface area contributed by atoms with E-state index in [0.717, 1.165) is 145 Å². The van der Waals surface area contributed by atoms with Gasteiger partial charge in [0.05, 0.1) is 79.0 Å². The molecule has 0 radical (unpaired) electrons. The van der Waals surface area contributed by atoms with Crippen LogP contribution >= 0.6 is 0 Å². The Kier molecular flexibility index (Phi) is 14.3. The van der Waals surface area contributed by atoms with Gasteiger partial charge < -0.3 is 39.5 Å². The van der Waals surface area contributed by atoms with Gasteiger partial charge in [0, 0.05) is 111 Å². The van der Waals surface area contributed by atoms with E-state index in [1.54, 1.807) is 12.1 Å². The van der Waals surface area contributed by atoms with Gasteiger partial charge in [-0.05, 0) is 83.0 Å². The lowest BCUT2D eigenvalue weighted by Crippen LogP contribution is -2.37. The van der Waals surface area contributed by atoms with Crippen molar-refractivity contribution < 1.29 is 28.5 Å². The van der Waals surface area contributed by atoms with Crippen LogP contribution in [0.2, 0.25) is 0 Å². The van der Waals surface area contributed by atoms with Gasteiger partial charge in [-0.1, -0.05) is 12.2 Å². The van der Waals surface area contributed by atoms with E-state index in [9.17, 15) is 9.59 Å². The molecule has 2 aliphatic rings. The maximum absolute atomic E-state index is 12.9. The highest BCUT2D eigenvalue weighted by molar-refractivity contribution is 6.13. The number of primary amides is 2.